The van der Waals surface area contributed by atoms with Crippen LogP contribution in [0.4, 0.5) is 4.39 Å². The van der Waals surface area contributed by atoms with Crippen molar-refractivity contribution in [3.63, 3.8) is 0 Å². The number of aryl methyl sites for hydroxylation is 1. The third-order valence-electron chi connectivity index (χ3n) is 4.25. The lowest BCUT2D eigenvalue weighted by molar-refractivity contribution is 0.0606. The number of aromatic nitrogens is 1. The molecule has 0 N–H and O–H groups in total. The van der Waals surface area contributed by atoms with Crippen LogP contribution < -0.4 is 0 Å². The van der Waals surface area contributed by atoms with Gasteiger partial charge in [0.25, 0.3) is 5.91 Å². The third kappa shape index (κ3) is 3.61. The summed E-state index contributed by atoms with van der Waals surface area (Å²) in [7, 11) is 0. The smallest absolute Gasteiger partial charge is 0.273 e. The number of halogens is 1. The number of benzene rings is 1. The zero-order valence-corrected chi connectivity index (χ0v) is 14.1. The van der Waals surface area contributed by atoms with Gasteiger partial charge in [0.05, 0.1) is 11.0 Å². The summed E-state index contributed by atoms with van der Waals surface area (Å²) in [4.78, 5) is 19.3. The number of likely N-dealkylation sites (tertiary alicyclic amines) is 1. The first kappa shape index (κ1) is 16.1. The van der Waals surface area contributed by atoms with Gasteiger partial charge in [-0.3, -0.25) is 4.79 Å². The number of carbonyl (C=O) groups excluding carboxylic acids is 1. The van der Waals surface area contributed by atoms with Crippen molar-refractivity contribution in [2.24, 2.45) is 0 Å². The van der Waals surface area contributed by atoms with Gasteiger partial charge in [0, 0.05) is 11.9 Å². The second kappa shape index (κ2) is 7.21. The molecule has 2 aromatic rings. The van der Waals surface area contributed by atoms with Gasteiger partial charge in [0.1, 0.15) is 11.5 Å². The van der Waals surface area contributed by atoms with Crippen molar-refractivity contribution in [1.82, 2.24) is 9.88 Å². The number of nitrogens with zero attached hydrogens (tertiary/aromatic N) is 2. The zero-order valence-electron chi connectivity index (χ0n) is 13.3. The van der Waals surface area contributed by atoms with Crippen LogP contribution in [0.2, 0.25) is 0 Å². The van der Waals surface area contributed by atoms with E-state index in [1.807, 2.05) is 10.3 Å². The Bertz CT molecular complexity index is 668. The summed E-state index contributed by atoms with van der Waals surface area (Å²) in [5, 5.41) is 2.88. The molecule has 23 heavy (non-hydrogen) atoms. The summed E-state index contributed by atoms with van der Waals surface area (Å²) in [5.41, 5.74) is 1.55. The first-order valence-corrected chi connectivity index (χ1v) is 9.08. The van der Waals surface area contributed by atoms with E-state index >= 15 is 0 Å². The predicted octanol–water partition coefficient (Wildman–Crippen LogP) is 4.60. The topological polar surface area (TPSA) is 33.2 Å². The molecule has 1 atom stereocenters. The van der Waals surface area contributed by atoms with Gasteiger partial charge in [-0.25, -0.2) is 9.37 Å². The van der Waals surface area contributed by atoms with Gasteiger partial charge in [0.2, 0.25) is 0 Å². The molecule has 1 fully saturated rings. The molecular formula is C18H21FN2OS. The first-order valence-electron chi connectivity index (χ1n) is 8.20. The van der Waals surface area contributed by atoms with Gasteiger partial charge in [-0.15, -0.1) is 11.3 Å². The van der Waals surface area contributed by atoms with E-state index in [4.69, 9.17) is 0 Å². The highest BCUT2D eigenvalue weighted by Gasteiger charge is 2.29. The molecule has 3 nitrogen and oxygen atoms in total. The molecule has 5 heteroatoms. The van der Waals surface area contributed by atoms with E-state index in [2.05, 4.69) is 11.9 Å². The number of hydrogen-bond acceptors (Lipinski definition) is 3. The number of amides is 1. The molecule has 1 aromatic carbocycles. The molecule has 0 spiro atoms. The lowest BCUT2D eigenvalue weighted by Gasteiger charge is -2.35. The molecule has 1 aromatic heterocycles. The van der Waals surface area contributed by atoms with Gasteiger partial charge in [-0.2, -0.15) is 0 Å². The number of hydrogen-bond donors (Lipinski definition) is 0. The Morgan fingerprint density at radius 2 is 2.13 bits per heavy atom. The summed E-state index contributed by atoms with van der Waals surface area (Å²) in [5.74, 6) is -0.247. The van der Waals surface area contributed by atoms with E-state index < -0.39 is 0 Å². The van der Waals surface area contributed by atoms with E-state index in [0.29, 0.717) is 5.69 Å². The van der Waals surface area contributed by atoms with Crippen LogP contribution in [0, 0.1) is 5.82 Å². The Kier molecular flexibility index (Phi) is 5.06. The van der Waals surface area contributed by atoms with Crippen LogP contribution in [0.3, 0.4) is 0 Å². The van der Waals surface area contributed by atoms with Crippen molar-refractivity contribution >= 4 is 17.2 Å². The maximum Gasteiger partial charge on any atom is 0.273 e. The summed E-state index contributed by atoms with van der Waals surface area (Å²) >= 11 is 1.56. The van der Waals surface area contributed by atoms with E-state index in [1.54, 1.807) is 23.5 Å². The summed E-state index contributed by atoms with van der Waals surface area (Å²) < 4.78 is 13.2. The van der Waals surface area contributed by atoms with Crippen LogP contribution >= 0.6 is 11.3 Å². The van der Waals surface area contributed by atoms with Crippen molar-refractivity contribution < 1.29 is 9.18 Å². The minimum Gasteiger partial charge on any atom is -0.330 e. The summed E-state index contributed by atoms with van der Waals surface area (Å²) in [6, 6.07) is 6.53. The van der Waals surface area contributed by atoms with Gasteiger partial charge in [0.15, 0.2) is 0 Å². The molecular weight excluding hydrogens is 311 g/mol. The van der Waals surface area contributed by atoms with Crippen molar-refractivity contribution in [1.29, 1.82) is 0 Å². The molecule has 0 radical (unpaired) electrons. The lowest BCUT2D eigenvalue weighted by Crippen LogP contribution is -2.38. The SMILES string of the molecule is CCCc1nc(C(=O)N2CCCC[C@@H]2c2ccc(F)cc2)cs1. The molecule has 1 amide bonds. The van der Waals surface area contributed by atoms with Crippen LogP contribution in [0.25, 0.3) is 0 Å². The van der Waals surface area contributed by atoms with Crippen LogP contribution in [0.5, 0.6) is 0 Å². The number of piperidine rings is 1. The highest BCUT2D eigenvalue weighted by atomic mass is 32.1. The molecule has 2 heterocycles. The molecule has 0 aliphatic carbocycles. The maximum atomic E-state index is 13.2. The monoisotopic (exact) mass is 332 g/mol. The van der Waals surface area contributed by atoms with Gasteiger partial charge >= 0.3 is 0 Å². The fraction of sp³-hybridized carbons (Fsp3) is 0.444. The van der Waals surface area contributed by atoms with Crippen LogP contribution in [-0.4, -0.2) is 22.3 Å². The Balaban J connectivity index is 1.82. The summed E-state index contributed by atoms with van der Waals surface area (Å²) in [6.07, 6.45) is 4.96. The van der Waals surface area contributed by atoms with Crippen LogP contribution in [0.1, 0.15) is 59.7 Å². The third-order valence-corrected chi connectivity index (χ3v) is 5.16. The van der Waals surface area contributed by atoms with Crippen molar-refractivity contribution in [2.45, 2.75) is 45.1 Å². The minimum absolute atomic E-state index is 0.00220. The van der Waals surface area contributed by atoms with E-state index in [1.165, 1.54) is 12.1 Å². The normalized spacial score (nSPS) is 18.2. The predicted molar refractivity (Wildman–Crippen MR) is 90.1 cm³/mol. The minimum atomic E-state index is -0.244. The molecule has 0 saturated carbocycles. The standard InChI is InChI=1S/C18H21FN2OS/c1-2-5-17-20-15(12-23-17)18(22)21-11-4-3-6-16(21)13-7-9-14(19)10-8-13/h7-10,12,16H,2-6,11H2,1H3/t16-/m1/s1. The molecule has 1 saturated heterocycles. The number of thiazole rings is 1. The Morgan fingerprint density at radius 3 is 2.87 bits per heavy atom. The molecule has 1 aliphatic heterocycles. The van der Waals surface area contributed by atoms with E-state index in [-0.39, 0.29) is 17.8 Å². The Hall–Kier alpha value is -1.75. The van der Waals surface area contributed by atoms with Crippen molar-refractivity contribution in [3.05, 3.63) is 51.7 Å². The number of rotatable bonds is 4. The molecule has 1 aliphatic rings. The van der Waals surface area contributed by atoms with Crippen molar-refractivity contribution in [2.75, 3.05) is 6.54 Å². The first-order chi connectivity index (χ1) is 11.2. The lowest BCUT2D eigenvalue weighted by atomic mass is 9.95. The highest BCUT2D eigenvalue weighted by Crippen LogP contribution is 2.32. The largest absolute Gasteiger partial charge is 0.330 e. The Morgan fingerprint density at radius 1 is 1.35 bits per heavy atom. The van der Waals surface area contributed by atoms with Gasteiger partial charge < -0.3 is 4.90 Å². The second-order valence-corrected chi connectivity index (χ2v) is 6.88. The van der Waals surface area contributed by atoms with Crippen molar-refractivity contribution in [3.8, 4) is 0 Å². The maximum absolute atomic E-state index is 13.2. The molecule has 0 bridgehead atoms. The summed E-state index contributed by atoms with van der Waals surface area (Å²) in [6.45, 7) is 2.85. The Labute approximate surface area is 140 Å². The molecule has 3 rings (SSSR count). The van der Waals surface area contributed by atoms with E-state index in [9.17, 15) is 9.18 Å². The molecule has 0 unspecified atom stereocenters. The van der Waals surface area contributed by atoms with Gasteiger partial charge in [-0.1, -0.05) is 19.1 Å². The molecule has 122 valence electrons. The van der Waals surface area contributed by atoms with Gasteiger partial charge in [-0.05, 0) is 49.8 Å². The van der Waals surface area contributed by atoms with E-state index in [0.717, 1.165) is 49.2 Å². The number of carbonyl (C=O) groups is 1. The average molecular weight is 332 g/mol. The zero-order chi connectivity index (χ0) is 16.2. The fourth-order valence-corrected chi connectivity index (χ4v) is 3.97. The highest BCUT2D eigenvalue weighted by molar-refractivity contribution is 7.09. The van der Waals surface area contributed by atoms with Crippen LogP contribution in [0.15, 0.2) is 29.6 Å². The second-order valence-electron chi connectivity index (χ2n) is 5.94. The average Bonchev–Trinajstić information content (AvgIpc) is 3.04. The van der Waals surface area contributed by atoms with Crippen LogP contribution in [-0.2, 0) is 6.42 Å². The fourth-order valence-electron chi connectivity index (χ4n) is 3.09. The quantitative estimate of drug-likeness (QED) is 0.819.